The molecule has 0 aromatic heterocycles. The lowest BCUT2D eigenvalue weighted by Gasteiger charge is -2.26. The van der Waals surface area contributed by atoms with E-state index < -0.39 is 90.5 Å². The highest BCUT2D eigenvalue weighted by Gasteiger charge is 2.34. The van der Waals surface area contributed by atoms with Crippen LogP contribution in [0, 0.1) is 0 Å². The Kier molecular flexibility index (Phi) is 58.8. The van der Waals surface area contributed by atoms with Crippen molar-refractivity contribution in [3.8, 4) is 0 Å². The molecule has 133 heavy (non-hydrogen) atoms. The number of likely N-dealkylation sites (N-methyl/N-ethyl adjacent to an activating group) is 3. The first kappa shape index (κ1) is 121. The van der Waals surface area contributed by atoms with Crippen LogP contribution in [-0.4, -0.2) is 214 Å². The molecule has 40 nitrogen and oxygen atoms in total. The van der Waals surface area contributed by atoms with Gasteiger partial charge < -0.3 is 58.0 Å². The van der Waals surface area contributed by atoms with Gasteiger partial charge in [0.1, 0.15) is 63.2 Å². The van der Waals surface area contributed by atoms with Gasteiger partial charge in [-0.15, -0.1) is 0 Å². The van der Waals surface area contributed by atoms with E-state index in [-0.39, 0.29) is 56.8 Å². The molecule has 0 heterocycles. The van der Waals surface area contributed by atoms with Gasteiger partial charge in [0.05, 0.1) is 35.5 Å². The van der Waals surface area contributed by atoms with Crippen LogP contribution in [0.1, 0.15) is 132 Å². The predicted octanol–water partition coefficient (Wildman–Crippen LogP) is 23.9. The molecule has 0 spiro atoms. The van der Waals surface area contributed by atoms with Crippen LogP contribution in [-0.2, 0) is 104 Å². The molecule has 5 aromatic carbocycles. The molecule has 0 fully saturated rings. The van der Waals surface area contributed by atoms with E-state index >= 15 is 0 Å². The number of carbonyl (C=O) groups excluding carboxylic acids is 10. The number of esters is 5. The number of alkyl carbamates (subject to hydrolysis) is 2. The topological polar surface area (TPSA) is 541 Å². The van der Waals surface area contributed by atoms with Crippen LogP contribution in [0.15, 0.2) is 147 Å². The lowest BCUT2D eigenvalue weighted by Crippen LogP contribution is -2.44. The first-order valence-corrected chi connectivity index (χ1v) is 51.3. The maximum Gasteiger partial charge on any atom is 0.410 e. The smallest absolute Gasteiger partial charge is 0.410 e. The Balaban J connectivity index is 0.000000831. The highest BCUT2D eigenvalue weighted by Crippen LogP contribution is 2.40. The molecule has 5 atom stereocenters. The van der Waals surface area contributed by atoms with Crippen LogP contribution in [0.4, 0.5) is 52.4 Å². The second-order valence-electron chi connectivity index (χ2n) is 31.8. The standard InChI is InChI=1S/3C17H24N4O4S2.2C16H22N4O4S2/c2*1-17(2,3)27-26-11-14(15(22)24-5)21(4)16(23)25-10-12-6-8-13(9-7-12)19-20-18;1-17(2,3)27-26-11-14(15(22)24-5)21(4)16(23)25-10-12-8-6-7-9-13(12)19-20-18;2*1-16(2,3)26-25-10-13(14(21)23-4)18-15(22)24-9-11-5-7-12(8-6-11)19-20-17/h3*6-9,14H,10-11H2,1-5H3;2*5-8,13H,9-10H2,1-4H3,(H,18,22)/t3*14-;2*13-/m10010/s1. The fraction of sp³-hybridized carbons (Fsp3) is 0.518. The SMILES string of the molecule is COC(=O)[C@@H](CSSC(C)(C)C)N(C)C(=O)OCc1ccc(N=[N+]=[N-])cc1.COC(=O)[C@@H](CSSC(C)(C)C)NC(=O)OCc1ccc(N=[N+]=[N-])cc1.COC(=O)[C@H](CSSC(C)(C)C)N(C)C(=O)OCc1ccc(N=[N+]=[N-])cc1.COC(=O)[C@H](CSSC(C)(C)C)N(C)C(=O)OCc1ccccc1N=[N+]=[N-].COC(=O)[C@H](CSSC(C)(C)C)NC(=O)OCc1ccc(N=[N+]=[N-])cc1. The molecule has 728 valence electrons. The number of nitrogens with one attached hydrogen (secondary N) is 2. The summed E-state index contributed by atoms with van der Waals surface area (Å²) in [4.78, 5) is 138. The lowest BCUT2D eigenvalue weighted by molar-refractivity contribution is -0.145. The number of carbonyl (C=O) groups is 10. The average molecular weight is 2030 g/mol. The number of azide groups is 5. The molecule has 5 amide bonds. The molecule has 5 aromatic rings. The molecule has 0 aliphatic carbocycles. The summed E-state index contributed by atoms with van der Waals surface area (Å²) in [7, 11) is 26.5. The van der Waals surface area contributed by atoms with Gasteiger partial charge in [0.25, 0.3) is 0 Å². The monoisotopic (exact) mass is 2030 g/mol. The van der Waals surface area contributed by atoms with Crippen LogP contribution in [0.25, 0.3) is 52.2 Å². The summed E-state index contributed by atoms with van der Waals surface area (Å²) < 4.78 is 50.1. The summed E-state index contributed by atoms with van der Waals surface area (Å²) in [6.45, 7) is 31.1. The fourth-order valence-electron chi connectivity index (χ4n) is 8.83. The highest BCUT2D eigenvalue weighted by molar-refractivity contribution is 8.78. The van der Waals surface area contributed by atoms with Crippen LogP contribution < -0.4 is 10.6 Å². The minimum Gasteiger partial charge on any atom is -0.467 e. The van der Waals surface area contributed by atoms with E-state index in [0.29, 0.717) is 62.8 Å². The maximum atomic E-state index is 12.4. The van der Waals surface area contributed by atoms with Crippen molar-refractivity contribution < 1.29 is 95.3 Å². The number of hydrogen-bond acceptors (Lipinski definition) is 35. The highest BCUT2D eigenvalue weighted by atomic mass is 33.1. The molecule has 0 aliphatic rings. The Morgan fingerprint density at radius 1 is 0.316 bits per heavy atom. The number of ether oxygens (including phenoxy) is 10. The Hall–Kier alpha value is -10.2. The van der Waals surface area contributed by atoms with Crippen molar-refractivity contribution in [1.82, 2.24) is 25.3 Å². The number of nitrogens with zero attached hydrogens (tertiary/aromatic N) is 18. The number of amides is 5. The number of benzene rings is 5. The summed E-state index contributed by atoms with van der Waals surface area (Å²) in [5.41, 5.74) is 47.9. The predicted molar refractivity (Wildman–Crippen MR) is 535 cm³/mol. The zero-order valence-electron chi connectivity index (χ0n) is 78.3. The van der Waals surface area contributed by atoms with Crippen molar-refractivity contribution >= 4 is 197 Å². The Morgan fingerprint density at radius 2 is 0.541 bits per heavy atom. The number of rotatable bonds is 40. The van der Waals surface area contributed by atoms with E-state index in [4.69, 9.17) is 75.0 Å². The minimum absolute atomic E-state index is 0.0232. The molecule has 0 bridgehead atoms. The largest absolute Gasteiger partial charge is 0.467 e. The van der Waals surface area contributed by atoms with Gasteiger partial charge in [0, 0.05) is 127 Å². The van der Waals surface area contributed by atoms with Gasteiger partial charge in [-0.2, -0.15) is 0 Å². The molecule has 50 heteroatoms. The van der Waals surface area contributed by atoms with Crippen LogP contribution in [0.2, 0.25) is 0 Å². The Bertz CT molecular complexity index is 4520. The zero-order valence-corrected chi connectivity index (χ0v) is 86.5. The third-order valence-electron chi connectivity index (χ3n) is 15.3. The van der Waals surface area contributed by atoms with Crippen LogP contribution in [0.3, 0.4) is 0 Å². The van der Waals surface area contributed by atoms with Gasteiger partial charge in [-0.25, -0.2) is 47.9 Å². The number of hydrogen-bond donors (Lipinski definition) is 2. The minimum atomic E-state index is -0.792. The quantitative estimate of drug-likeness (QED) is 0.00918. The van der Waals surface area contributed by atoms with Crippen molar-refractivity contribution in [3.05, 3.63) is 201 Å². The fourth-order valence-corrected chi connectivity index (χ4v) is 21.4. The summed E-state index contributed by atoms with van der Waals surface area (Å²) in [5.74, 6) is -0.658. The maximum absolute atomic E-state index is 12.4. The van der Waals surface area contributed by atoms with Crippen molar-refractivity contribution in [3.63, 3.8) is 0 Å². The molecule has 5 rings (SSSR count). The summed E-state index contributed by atoms with van der Waals surface area (Å²) >= 11 is 0. The third-order valence-corrected chi connectivity index (χ3v) is 32.0. The molecule has 0 saturated heterocycles. The van der Waals surface area contributed by atoms with Gasteiger partial charge in [-0.1, -0.05) is 359 Å². The van der Waals surface area contributed by atoms with E-state index in [1.165, 1.54) is 125 Å². The zero-order chi connectivity index (χ0) is 101. The van der Waals surface area contributed by atoms with Crippen molar-refractivity contribution in [2.24, 2.45) is 25.6 Å². The molecule has 0 unspecified atom stereocenters. The van der Waals surface area contributed by atoms with Gasteiger partial charge in [-0.3, -0.25) is 14.7 Å². The molecule has 0 aliphatic heterocycles. The first-order chi connectivity index (χ1) is 62.5. The molecule has 0 saturated carbocycles. The van der Waals surface area contributed by atoms with E-state index in [2.05, 4.69) is 165 Å². The van der Waals surface area contributed by atoms with Crippen LogP contribution >= 0.6 is 108 Å². The van der Waals surface area contributed by atoms with Gasteiger partial charge in [-0.05, 0) is 55.5 Å². The van der Waals surface area contributed by atoms with E-state index in [9.17, 15) is 47.9 Å². The van der Waals surface area contributed by atoms with Gasteiger partial charge in [0.15, 0.2) is 0 Å². The Labute approximate surface area is 814 Å². The molecule has 2 N–H and O–H groups in total. The third kappa shape index (κ3) is 55.3. The summed E-state index contributed by atoms with van der Waals surface area (Å²) in [5, 5.41) is 22.5. The van der Waals surface area contributed by atoms with E-state index in [1.807, 2.05) is 0 Å². The van der Waals surface area contributed by atoms with Gasteiger partial charge >= 0.3 is 60.3 Å². The number of methoxy groups -OCH3 is 5. The molecular weight excluding hydrogens is 1920 g/mol. The molecular formula is C83H116N20O20S10. The summed E-state index contributed by atoms with van der Waals surface area (Å²) in [6.07, 6.45) is -3.32. The van der Waals surface area contributed by atoms with Crippen molar-refractivity contribution in [2.75, 3.05) is 85.5 Å². The molecule has 0 radical (unpaired) electrons. The van der Waals surface area contributed by atoms with Crippen molar-refractivity contribution in [2.45, 2.75) is 191 Å². The van der Waals surface area contributed by atoms with E-state index in [1.54, 1.807) is 175 Å². The van der Waals surface area contributed by atoms with Gasteiger partial charge in [0.2, 0.25) is 0 Å². The normalized spacial score (nSPS) is 11.9. The van der Waals surface area contributed by atoms with E-state index in [0.717, 1.165) is 22.3 Å². The van der Waals surface area contributed by atoms with Crippen LogP contribution in [0.5, 0.6) is 0 Å². The second-order valence-corrected chi connectivity index (χ2v) is 47.7. The average Bonchev–Trinajstić information content (AvgIpc) is 0.871. The second kappa shape index (κ2) is 64.7. The first-order valence-electron chi connectivity index (χ1n) is 39.7. The summed E-state index contributed by atoms with van der Waals surface area (Å²) in [6, 6.07) is 29.5. The lowest BCUT2D eigenvalue weighted by atomic mass is 10.2. The Morgan fingerprint density at radius 3 is 0.774 bits per heavy atom. The van der Waals surface area contributed by atoms with Crippen molar-refractivity contribution in [1.29, 1.82) is 0 Å².